The van der Waals surface area contributed by atoms with E-state index in [0.717, 1.165) is 16.9 Å². The maximum Gasteiger partial charge on any atom is 0.407 e. The van der Waals surface area contributed by atoms with Crippen LogP contribution < -0.4 is 4.74 Å². The van der Waals surface area contributed by atoms with E-state index in [1.807, 2.05) is 29.2 Å². The predicted molar refractivity (Wildman–Crippen MR) is 150 cm³/mol. The van der Waals surface area contributed by atoms with Crippen molar-refractivity contribution in [2.75, 3.05) is 32.8 Å². The van der Waals surface area contributed by atoms with Crippen LogP contribution in [0.15, 0.2) is 42.2 Å². The highest BCUT2D eigenvalue weighted by molar-refractivity contribution is 6.76. The molecule has 0 radical (unpaired) electrons. The van der Waals surface area contributed by atoms with Crippen molar-refractivity contribution in [1.82, 2.24) is 19.6 Å². The minimum atomic E-state index is -1.20. The molecule has 3 aromatic rings. The van der Waals surface area contributed by atoms with Gasteiger partial charge in [0.15, 0.2) is 5.76 Å². The summed E-state index contributed by atoms with van der Waals surface area (Å²) >= 11 is 0. The van der Waals surface area contributed by atoms with Gasteiger partial charge in [0.25, 0.3) is 0 Å². The Balaban J connectivity index is 1.37. The number of aromatic nitrogens is 2. The number of para-hydroxylation sites is 1. The number of piperazine rings is 1. The van der Waals surface area contributed by atoms with Crippen LogP contribution in [0.3, 0.4) is 0 Å². The molecule has 5 rings (SSSR count). The smallest absolute Gasteiger partial charge is 0.407 e. The van der Waals surface area contributed by atoms with Crippen LogP contribution in [-0.2, 0) is 18.0 Å². The normalized spacial score (nSPS) is 17.2. The van der Waals surface area contributed by atoms with Gasteiger partial charge < -0.3 is 24.6 Å². The fourth-order valence-corrected chi connectivity index (χ4v) is 5.54. The van der Waals surface area contributed by atoms with E-state index in [4.69, 9.17) is 14.6 Å². The number of hydrogen-bond acceptors (Lipinski definition) is 7. The summed E-state index contributed by atoms with van der Waals surface area (Å²) in [6.07, 6.45) is 0.713. The highest BCUT2D eigenvalue weighted by Gasteiger charge is 2.33. The van der Waals surface area contributed by atoms with Crippen LogP contribution in [0, 0.1) is 0 Å². The molecule has 0 bridgehead atoms. The average molecular weight is 551 g/mol. The SMILES string of the molecule is C[Si](C)(C)CCOCn1nc(/C=C2\Oc3c(ccc(O)c3CN3CCN(C(=O)O)CC3)C2=O)c2ccccc21. The van der Waals surface area contributed by atoms with E-state index in [2.05, 4.69) is 19.6 Å². The van der Waals surface area contributed by atoms with Crippen LogP contribution in [0.1, 0.15) is 21.6 Å². The van der Waals surface area contributed by atoms with Gasteiger partial charge in [-0.2, -0.15) is 5.10 Å². The summed E-state index contributed by atoms with van der Waals surface area (Å²) < 4.78 is 13.8. The Hall–Kier alpha value is -3.67. The summed E-state index contributed by atoms with van der Waals surface area (Å²) in [5.74, 6) is 0.244. The number of carbonyl (C=O) groups excluding carboxylic acids is 1. The van der Waals surface area contributed by atoms with E-state index in [0.29, 0.717) is 68.6 Å². The molecule has 1 amide bonds. The van der Waals surface area contributed by atoms with Crippen molar-refractivity contribution >= 4 is 36.9 Å². The zero-order chi connectivity index (χ0) is 27.7. The van der Waals surface area contributed by atoms with Crippen molar-refractivity contribution < 1.29 is 29.3 Å². The number of nitrogens with zero attached hydrogens (tertiary/aromatic N) is 4. The van der Waals surface area contributed by atoms with Crippen molar-refractivity contribution in [3.8, 4) is 11.5 Å². The second-order valence-electron chi connectivity index (χ2n) is 11.2. The molecule has 0 atom stereocenters. The van der Waals surface area contributed by atoms with Gasteiger partial charge in [-0.3, -0.25) is 9.69 Å². The number of allylic oxidation sites excluding steroid dienone is 1. The average Bonchev–Trinajstić information content (AvgIpc) is 3.41. The van der Waals surface area contributed by atoms with Gasteiger partial charge in [0.05, 0.1) is 22.3 Å². The number of aromatic hydroxyl groups is 1. The number of carboxylic acid groups (broad SMARTS) is 1. The zero-order valence-electron chi connectivity index (χ0n) is 22.5. The number of carbonyl (C=O) groups is 2. The van der Waals surface area contributed by atoms with Gasteiger partial charge in [-0.25, -0.2) is 9.48 Å². The molecule has 10 nitrogen and oxygen atoms in total. The second kappa shape index (κ2) is 10.8. The molecule has 1 saturated heterocycles. The molecule has 0 saturated carbocycles. The molecular formula is C28H34N4O6Si. The van der Waals surface area contributed by atoms with Crippen LogP contribution >= 0.6 is 0 Å². The third-order valence-electron chi connectivity index (χ3n) is 7.11. The summed E-state index contributed by atoms with van der Waals surface area (Å²) in [6.45, 7) is 10.1. The number of ketones is 1. The molecule has 206 valence electrons. The molecule has 1 fully saturated rings. The van der Waals surface area contributed by atoms with E-state index >= 15 is 0 Å². The van der Waals surface area contributed by atoms with Crippen LogP contribution in [0.25, 0.3) is 17.0 Å². The number of phenolic OH excluding ortho intramolecular Hbond substituents is 1. The van der Waals surface area contributed by atoms with Crippen molar-refractivity contribution in [2.24, 2.45) is 0 Å². The molecule has 2 aromatic carbocycles. The molecule has 2 aliphatic rings. The number of phenols is 1. The van der Waals surface area contributed by atoms with Crippen LogP contribution in [0.5, 0.6) is 11.5 Å². The third kappa shape index (κ3) is 5.85. The maximum absolute atomic E-state index is 13.3. The molecule has 0 spiro atoms. The predicted octanol–water partition coefficient (Wildman–Crippen LogP) is 4.47. The molecule has 2 aliphatic heterocycles. The number of rotatable bonds is 8. The van der Waals surface area contributed by atoms with E-state index in [9.17, 15) is 19.8 Å². The van der Waals surface area contributed by atoms with Gasteiger partial charge in [0.2, 0.25) is 5.78 Å². The first-order valence-electron chi connectivity index (χ1n) is 13.1. The summed E-state index contributed by atoms with van der Waals surface area (Å²) in [6, 6.07) is 11.9. The lowest BCUT2D eigenvalue weighted by Crippen LogP contribution is -2.47. The Labute approximate surface area is 228 Å². The maximum atomic E-state index is 13.3. The lowest BCUT2D eigenvalue weighted by molar-refractivity contribution is 0.0816. The highest BCUT2D eigenvalue weighted by Crippen LogP contribution is 2.40. The van der Waals surface area contributed by atoms with E-state index < -0.39 is 14.2 Å². The van der Waals surface area contributed by atoms with Gasteiger partial charge in [-0.05, 0) is 24.2 Å². The molecule has 0 aliphatic carbocycles. The van der Waals surface area contributed by atoms with Gasteiger partial charge in [-0.1, -0.05) is 37.8 Å². The van der Waals surface area contributed by atoms with Gasteiger partial charge in [0, 0.05) is 58.9 Å². The summed E-state index contributed by atoms with van der Waals surface area (Å²) in [4.78, 5) is 27.9. The standard InChI is InChI=1S/C28H34N4O6Si/c1-39(2,3)15-14-37-18-32-23-7-5-4-6-19(23)22(29-32)16-25-26(34)20-8-9-24(33)21(27(20)38-25)17-30-10-12-31(13-11-30)28(35)36/h4-9,16,33H,10-15,17-18H2,1-3H3,(H,35,36)/b25-16-. The monoisotopic (exact) mass is 550 g/mol. The molecule has 3 heterocycles. The lowest BCUT2D eigenvalue weighted by atomic mass is 10.0. The Kier molecular flexibility index (Phi) is 7.48. The second-order valence-corrected chi connectivity index (χ2v) is 16.8. The summed E-state index contributed by atoms with van der Waals surface area (Å²) in [5.41, 5.74) is 2.40. The Bertz CT molecular complexity index is 1440. The minimum absolute atomic E-state index is 0.0358. The molecule has 39 heavy (non-hydrogen) atoms. The fraction of sp³-hybridized carbons (Fsp3) is 0.393. The van der Waals surface area contributed by atoms with Crippen molar-refractivity contribution in [1.29, 1.82) is 0 Å². The van der Waals surface area contributed by atoms with Crippen molar-refractivity contribution in [2.45, 2.75) is 39.0 Å². The van der Waals surface area contributed by atoms with Gasteiger partial charge in [-0.15, -0.1) is 0 Å². The topological polar surface area (TPSA) is 117 Å². The quantitative estimate of drug-likeness (QED) is 0.240. The number of benzene rings is 2. The molecule has 0 unspecified atom stereocenters. The van der Waals surface area contributed by atoms with Crippen LogP contribution in [-0.4, -0.2) is 82.5 Å². The highest BCUT2D eigenvalue weighted by atomic mass is 28.3. The lowest BCUT2D eigenvalue weighted by Gasteiger charge is -2.33. The molecule has 2 N–H and O–H groups in total. The number of ether oxygens (including phenoxy) is 2. The number of hydrogen-bond donors (Lipinski definition) is 2. The number of amides is 1. The van der Waals surface area contributed by atoms with Crippen molar-refractivity contribution in [3.63, 3.8) is 0 Å². The minimum Gasteiger partial charge on any atom is -0.507 e. The summed E-state index contributed by atoms with van der Waals surface area (Å²) in [7, 11) is -1.20. The number of Topliss-reactive ketones (excluding diaryl/α,β-unsaturated/α-hetero) is 1. The first-order valence-corrected chi connectivity index (χ1v) is 16.8. The van der Waals surface area contributed by atoms with E-state index in [1.165, 1.54) is 11.0 Å². The molecule has 1 aromatic heterocycles. The van der Waals surface area contributed by atoms with Crippen LogP contribution in [0.2, 0.25) is 25.7 Å². The fourth-order valence-electron chi connectivity index (χ4n) is 4.78. The largest absolute Gasteiger partial charge is 0.507 e. The Morgan fingerprint density at radius 3 is 2.59 bits per heavy atom. The first kappa shape index (κ1) is 26.9. The van der Waals surface area contributed by atoms with E-state index in [-0.39, 0.29) is 17.3 Å². The summed E-state index contributed by atoms with van der Waals surface area (Å²) in [5, 5.41) is 25.4. The van der Waals surface area contributed by atoms with Gasteiger partial charge in [0.1, 0.15) is 18.2 Å². The Morgan fingerprint density at radius 1 is 1.13 bits per heavy atom. The third-order valence-corrected chi connectivity index (χ3v) is 8.81. The van der Waals surface area contributed by atoms with Crippen molar-refractivity contribution in [3.05, 3.63) is 59.0 Å². The molecule has 11 heteroatoms. The van der Waals surface area contributed by atoms with E-state index in [1.54, 1.807) is 16.8 Å². The van der Waals surface area contributed by atoms with Gasteiger partial charge >= 0.3 is 6.09 Å². The zero-order valence-corrected chi connectivity index (χ0v) is 23.5. The van der Waals surface area contributed by atoms with Crippen LogP contribution in [0.4, 0.5) is 4.79 Å². The first-order chi connectivity index (χ1) is 18.6. The number of fused-ring (bicyclic) bond motifs is 2. The molecular weight excluding hydrogens is 516 g/mol. The Morgan fingerprint density at radius 2 is 1.87 bits per heavy atom.